The molecular formula is C18H23N5O3. The van der Waals surface area contributed by atoms with Gasteiger partial charge in [-0.25, -0.2) is 4.98 Å². The van der Waals surface area contributed by atoms with Crippen molar-refractivity contribution < 1.29 is 14.3 Å². The molecule has 0 spiro atoms. The maximum atomic E-state index is 12.2. The number of methoxy groups -OCH3 is 1. The Morgan fingerprint density at radius 1 is 1.31 bits per heavy atom. The predicted molar refractivity (Wildman–Crippen MR) is 94.0 cm³/mol. The number of hydrogen-bond acceptors (Lipinski definition) is 5. The Morgan fingerprint density at radius 3 is 2.88 bits per heavy atom. The molecule has 0 aliphatic carbocycles. The van der Waals surface area contributed by atoms with Crippen molar-refractivity contribution in [2.75, 3.05) is 20.3 Å². The van der Waals surface area contributed by atoms with E-state index in [0.29, 0.717) is 25.3 Å². The SMILES string of the molecule is COCC(=O)N1CCn2cc(CC(=O)NCc3ccccn3)nc2[C@@H]1C. The summed E-state index contributed by atoms with van der Waals surface area (Å²) in [4.78, 5) is 34.8. The number of imidazole rings is 1. The van der Waals surface area contributed by atoms with E-state index in [9.17, 15) is 9.59 Å². The molecule has 0 fully saturated rings. The first-order chi connectivity index (χ1) is 12.6. The van der Waals surface area contributed by atoms with E-state index in [1.54, 1.807) is 11.1 Å². The van der Waals surface area contributed by atoms with E-state index in [1.807, 2.05) is 35.9 Å². The average Bonchev–Trinajstić information content (AvgIpc) is 3.05. The summed E-state index contributed by atoms with van der Waals surface area (Å²) in [6, 6.07) is 5.44. The second-order valence-electron chi connectivity index (χ2n) is 6.25. The van der Waals surface area contributed by atoms with Crippen LogP contribution in [-0.4, -0.2) is 51.5 Å². The lowest BCUT2D eigenvalue weighted by Gasteiger charge is -2.33. The van der Waals surface area contributed by atoms with Crippen LogP contribution in [0.5, 0.6) is 0 Å². The fraction of sp³-hybridized carbons (Fsp3) is 0.444. The molecule has 0 saturated heterocycles. The minimum atomic E-state index is -0.142. The van der Waals surface area contributed by atoms with Crippen LogP contribution in [0.3, 0.4) is 0 Å². The molecule has 0 saturated carbocycles. The van der Waals surface area contributed by atoms with Crippen molar-refractivity contribution in [2.45, 2.75) is 32.5 Å². The van der Waals surface area contributed by atoms with E-state index < -0.39 is 0 Å². The number of hydrogen-bond donors (Lipinski definition) is 1. The van der Waals surface area contributed by atoms with Crippen LogP contribution in [-0.2, 0) is 33.8 Å². The summed E-state index contributed by atoms with van der Waals surface area (Å²) in [5.74, 6) is 0.642. The molecule has 8 heteroatoms. The molecule has 2 aromatic rings. The van der Waals surface area contributed by atoms with Gasteiger partial charge in [-0.15, -0.1) is 0 Å². The number of ether oxygens (including phenoxy) is 1. The maximum absolute atomic E-state index is 12.2. The Kier molecular flexibility index (Phi) is 5.62. The van der Waals surface area contributed by atoms with Crippen LogP contribution < -0.4 is 5.32 Å². The number of fused-ring (bicyclic) bond motifs is 1. The number of carbonyl (C=O) groups is 2. The maximum Gasteiger partial charge on any atom is 0.249 e. The molecule has 0 aromatic carbocycles. The molecule has 1 atom stereocenters. The van der Waals surface area contributed by atoms with Gasteiger partial charge in [0, 0.05) is 32.6 Å². The van der Waals surface area contributed by atoms with Crippen LogP contribution in [0.25, 0.3) is 0 Å². The highest BCUT2D eigenvalue weighted by Crippen LogP contribution is 2.24. The van der Waals surface area contributed by atoms with E-state index in [0.717, 1.165) is 11.5 Å². The normalized spacial score (nSPS) is 16.2. The molecule has 2 amide bonds. The fourth-order valence-electron chi connectivity index (χ4n) is 3.10. The zero-order valence-electron chi connectivity index (χ0n) is 15.0. The van der Waals surface area contributed by atoms with Crippen LogP contribution in [0, 0.1) is 0 Å². The van der Waals surface area contributed by atoms with Crippen LogP contribution in [0.2, 0.25) is 0 Å². The smallest absolute Gasteiger partial charge is 0.249 e. The van der Waals surface area contributed by atoms with Gasteiger partial charge in [0.1, 0.15) is 12.4 Å². The molecular weight excluding hydrogens is 334 g/mol. The van der Waals surface area contributed by atoms with Gasteiger partial charge in [0.25, 0.3) is 0 Å². The number of rotatable bonds is 6. The number of nitrogens with zero attached hydrogens (tertiary/aromatic N) is 4. The lowest BCUT2D eigenvalue weighted by Crippen LogP contribution is -2.42. The third-order valence-corrected chi connectivity index (χ3v) is 4.40. The van der Waals surface area contributed by atoms with Crippen LogP contribution >= 0.6 is 0 Å². The molecule has 3 heterocycles. The molecule has 138 valence electrons. The summed E-state index contributed by atoms with van der Waals surface area (Å²) >= 11 is 0. The highest BCUT2D eigenvalue weighted by atomic mass is 16.5. The lowest BCUT2D eigenvalue weighted by atomic mass is 10.2. The number of nitrogens with one attached hydrogen (secondary N) is 1. The molecule has 2 aromatic heterocycles. The molecule has 1 N–H and O–H groups in total. The van der Waals surface area contributed by atoms with E-state index in [2.05, 4.69) is 15.3 Å². The Hall–Kier alpha value is -2.74. The number of carbonyl (C=O) groups excluding carboxylic acids is 2. The van der Waals surface area contributed by atoms with Crippen molar-refractivity contribution in [3.63, 3.8) is 0 Å². The summed E-state index contributed by atoms with van der Waals surface area (Å²) in [5.41, 5.74) is 1.51. The standard InChI is InChI=1S/C18H23N5O3/c1-13-18-21-15(9-16(24)20-10-14-5-3-4-6-19-14)11-22(18)7-8-23(13)17(25)12-26-2/h3-6,11,13H,7-10,12H2,1-2H3,(H,20,24)/t13-/m0/s1. The first-order valence-electron chi connectivity index (χ1n) is 8.59. The van der Waals surface area contributed by atoms with E-state index in [-0.39, 0.29) is 30.9 Å². The van der Waals surface area contributed by atoms with Gasteiger partial charge in [0.2, 0.25) is 11.8 Å². The van der Waals surface area contributed by atoms with Crippen LogP contribution in [0.4, 0.5) is 0 Å². The van der Waals surface area contributed by atoms with E-state index in [4.69, 9.17) is 4.74 Å². The average molecular weight is 357 g/mol. The van der Waals surface area contributed by atoms with Gasteiger partial charge in [0.15, 0.2) is 0 Å². The predicted octanol–water partition coefficient (Wildman–Crippen LogP) is 0.687. The zero-order chi connectivity index (χ0) is 18.5. The first-order valence-corrected chi connectivity index (χ1v) is 8.59. The summed E-state index contributed by atoms with van der Waals surface area (Å²) in [5, 5.41) is 2.85. The second kappa shape index (κ2) is 8.09. The second-order valence-corrected chi connectivity index (χ2v) is 6.25. The first kappa shape index (κ1) is 18.1. The minimum absolute atomic E-state index is 0.0519. The monoisotopic (exact) mass is 357 g/mol. The third-order valence-electron chi connectivity index (χ3n) is 4.40. The van der Waals surface area contributed by atoms with Crippen LogP contribution in [0.1, 0.15) is 30.2 Å². The number of pyridine rings is 1. The van der Waals surface area contributed by atoms with Gasteiger partial charge in [0.05, 0.1) is 30.4 Å². The fourth-order valence-corrected chi connectivity index (χ4v) is 3.10. The molecule has 1 aliphatic rings. The van der Waals surface area contributed by atoms with E-state index in [1.165, 1.54) is 7.11 Å². The van der Waals surface area contributed by atoms with Crippen molar-refractivity contribution in [1.82, 2.24) is 24.8 Å². The van der Waals surface area contributed by atoms with Crippen molar-refractivity contribution in [3.8, 4) is 0 Å². The third kappa shape index (κ3) is 4.08. The number of amides is 2. The Labute approximate surface area is 152 Å². The lowest BCUT2D eigenvalue weighted by molar-refractivity contribution is -0.138. The quantitative estimate of drug-likeness (QED) is 0.821. The van der Waals surface area contributed by atoms with Crippen LogP contribution in [0.15, 0.2) is 30.6 Å². The molecule has 0 unspecified atom stereocenters. The van der Waals surface area contributed by atoms with Gasteiger partial charge >= 0.3 is 0 Å². The number of aromatic nitrogens is 3. The van der Waals surface area contributed by atoms with Gasteiger partial charge in [-0.3, -0.25) is 14.6 Å². The van der Waals surface area contributed by atoms with Gasteiger partial charge in [-0.2, -0.15) is 0 Å². The zero-order valence-corrected chi connectivity index (χ0v) is 15.0. The summed E-state index contributed by atoms with van der Waals surface area (Å²) in [6.07, 6.45) is 3.79. The van der Waals surface area contributed by atoms with Gasteiger partial charge in [-0.05, 0) is 19.1 Å². The molecule has 0 bridgehead atoms. The highest BCUT2D eigenvalue weighted by molar-refractivity contribution is 5.78. The Bertz CT molecular complexity index is 774. The van der Waals surface area contributed by atoms with Crippen molar-refractivity contribution in [1.29, 1.82) is 0 Å². The van der Waals surface area contributed by atoms with Gasteiger partial charge < -0.3 is 19.5 Å². The molecule has 8 nitrogen and oxygen atoms in total. The summed E-state index contributed by atoms with van der Waals surface area (Å²) < 4.78 is 6.95. The van der Waals surface area contributed by atoms with Crippen molar-refractivity contribution >= 4 is 11.8 Å². The minimum Gasteiger partial charge on any atom is -0.375 e. The highest BCUT2D eigenvalue weighted by Gasteiger charge is 2.29. The van der Waals surface area contributed by atoms with Gasteiger partial charge in [-0.1, -0.05) is 6.07 Å². The Morgan fingerprint density at radius 2 is 2.15 bits per heavy atom. The molecule has 3 rings (SSSR count). The van der Waals surface area contributed by atoms with Crippen molar-refractivity contribution in [2.24, 2.45) is 0 Å². The topological polar surface area (TPSA) is 89.4 Å². The molecule has 26 heavy (non-hydrogen) atoms. The molecule has 1 aliphatic heterocycles. The summed E-state index contributed by atoms with van der Waals surface area (Å²) in [6.45, 7) is 3.67. The van der Waals surface area contributed by atoms with Crippen molar-refractivity contribution in [3.05, 3.63) is 47.8 Å². The van der Waals surface area contributed by atoms with E-state index >= 15 is 0 Å². The summed E-state index contributed by atoms with van der Waals surface area (Å²) in [7, 11) is 1.51. The molecule has 0 radical (unpaired) electrons. The largest absolute Gasteiger partial charge is 0.375 e. The Balaban J connectivity index is 1.60.